The van der Waals surface area contributed by atoms with E-state index in [0.29, 0.717) is 17.1 Å². The zero-order valence-electron chi connectivity index (χ0n) is 10.8. The van der Waals surface area contributed by atoms with Crippen LogP contribution in [0.3, 0.4) is 0 Å². The fraction of sp³-hybridized carbons (Fsp3) is 0.0909. The lowest BCUT2D eigenvalue weighted by Gasteiger charge is -2.10. The number of nitro groups is 1. The molecule has 2 aromatic rings. The first-order chi connectivity index (χ1) is 9.85. The molecule has 1 aromatic heterocycles. The van der Waals surface area contributed by atoms with Crippen molar-refractivity contribution < 1.29 is 18.1 Å². The van der Waals surface area contributed by atoms with Crippen molar-refractivity contribution in [1.82, 2.24) is 0 Å². The summed E-state index contributed by atoms with van der Waals surface area (Å²) in [4.78, 5) is 9.99. The molecular weight excluding hydrogens is 318 g/mol. The molecule has 0 amide bonds. The van der Waals surface area contributed by atoms with Crippen molar-refractivity contribution >= 4 is 37.7 Å². The van der Waals surface area contributed by atoms with E-state index >= 15 is 0 Å². The van der Waals surface area contributed by atoms with Crippen LogP contribution in [-0.2, 0) is 10.0 Å². The molecule has 0 saturated carbocycles. The molecule has 0 atom stereocenters. The second-order valence-electron chi connectivity index (χ2n) is 3.88. The Hall–Kier alpha value is -2.33. The Morgan fingerprint density at radius 3 is 2.62 bits per heavy atom. The highest BCUT2D eigenvalue weighted by atomic mass is 32.2. The Balaban J connectivity index is 2.39. The largest absolute Gasteiger partial charge is 0.495 e. The summed E-state index contributed by atoms with van der Waals surface area (Å²) in [5.41, 5.74) is 5.25. The number of nitrogens with two attached hydrogens (primary N) is 1. The summed E-state index contributed by atoms with van der Waals surface area (Å²) in [6.07, 6.45) is 0. The molecule has 1 aromatic carbocycles. The van der Waals surface area contributed by atoms with Crippen LogP contribution in [0.15, 0.2) is 34.5 Å². The highest BCUT2D eigenvalue weighted by molar-refractivity contribution is 7.94. The molecule has 3 N–H and O–H groups in total. The molecule has 112 valence electrons. The third-order valence-electron chi connectivity index (χ3n) is 2.53. The zero-order valence-corrected chi connectivity index (χ0v) is 12.4. The summed E-state index contributed by atoms with van der Waals surface area (Å²) in [7, 11) is -2.57. The van der Waals surface area contributed by atoms with Crippen LogP contribution in [0.25, 0.3) is 0 Å². The Labute approximate surface area is 124 Å². The van der Waals surface area contributed by atoms with E-state index in [1.54, 1.807) is 18.2 Å². The van der Waals surface area contributed by atoms with Crippen LogP contribution in [0, 0.1) is 10.1 Å². The molecule has 0 radical (unpaired) electrons. The molecule has 0 bridgehead atoms. The van der Waals surface area contributed by atoms with E-state index in [4.69, 9.17) is 10.5 Å². The summed E-state index contributed by atoms with van der Waals surface area (Å²) >= 11 is 0.627. The number of nitrogens with zero attached hydrogens (tertiary/aromatic N) is 1. The second-order valence-corrected chi connectivity index (χ2v) is 6.87. The van der Waals surface area contributed by atoms with Gasteiger partial charge in [0, 0.05) is 6.07 Å². The maximum atomic E-state index is 12.2. The van der Waals surface area contributed by atoms with E-state index in [2.05, 4.69) is 4.72 Å². The number of nitrogens with one attached hydrogen (secondary N) is 1. The van der Waals surface area contributed by atoms with E-state index in [1.165, 1.54) is 13.2 Å². The number of anilines is 2. The van der Waals surface area contributed by atoms with Crippen molar-refractivity contribution in [2.45, 2.75) is 4.21 Å². The summed E-state index contributed by atoms with van der Waals surface area (Å²) < 4.78 is 31.6. The minimum absolute atomic E-state index is 0.166. The molecule has 0 spiro atoms. The molecule has 0 aliphatic heterocycles. The lowest BCUT2D eigenvalue weighted by Crippen LogP contribution is -2.12. The monoisotopic (exact) mass is 329 g/mol. The molecule has 0 aliphatic carbocycles. The minimum Gasteiger partial charge on any atom is -0.495 e. The highest BCUT2D eigenvalue weighted by Crippen LogP contribution is 2.36. The second kappa shape index (κ2) is 5.58. The maximum Gasteiger partial charge on any atom is 0.304 e. The van der Waals surface area contributed by atoms with Crippen LogP contribution in [0.2, 0.25) is 0 Å². The van der Waals surface area contributed by atoms with Crippen LogP contribution in [0.1, 0.15) is 0 Å². The normalized spacial score (nSPS) is 11.1. The fourth-order valence-electron chi connectivity index (χ4n) is 1.57. The van der Waals surface area contributed by atoms with E-state index < -0.39 is 20.6 Å². The van der Waals surface area contributed by atoms with E-state index in [1.807, 2.05) is 0 Å². The molecule has 8 nitrogen and oxygen atoms in total. The molecule has 0 saturated heterocycles. The van der Waals surface area contributed by atoms with Crippen molar-refractivity contribution in [2.24, 2.45) is 0 Å². The first-order valence-corrected chi connectivity index (χ1v) is 7.84. The van der Waals surface area contributed by atoms with Gasteiger partial charge in [-0.25, -0.2) is 8.42 Å². The summed E-state index contributed by atoms with van der Waals surface area (Å²) in [6.45, 7) is 0. The quantitative estimate of drug-likeness (QED) is 0.639. The van der Waals surface area contributed by atoms with Gasteiger partial charge in [-0.05, 0) is 12.1 Å². The number of methoxy groups -OCH3 is 1. The van der Waals surface area contributed by atoms with Crippen molar-refractivity contribution in [2.75, 3.05) is 17.6 Å². The first-order valence-electron chi connectivity index (χ1n) is 5.54. The van der Waals surface area contributed by atoms with Gasteiger partial charge in [0.05, 0.1) is 17.7 Å². The van der Waals surface area contributed by atoms with Crippen molar-refractivity contribution in [3.8, 4) is 5.75 Å². The summed E-state index contributed by atoms with van der Waals surface area (Å²) in [6, 6.07) is 7.35. The van der Waals surface area contributed by atoms with Gasteiger partial charge in [0.1, 0.15) is 9.96 Å². The van der Waals surface area contributed by atoms with Gasteiger partial charge in [-0.15, -0.1) is 0 Å². The van der Waals surface area contributed by atoms with Gasteiger partial charge in [0.25, 0.3) is 10.0 Å². The Bertz CT molecular complexity index is 785. The summed E-state index contributed by atoms with van der Waals surface area (Å²) in [5.74, 6) is 0.333. The number of benzene rings is 1. The number of nitrogen functional groups attached to an aromatic ring is 1. The average Bonchev–Trinajstić information content (AvgIpc) is 2.82. The zero-order chi connectivity index (χ0) is 15.6. The number of thiophene rings is 1. The molecular formula is C11H11N3O5S2. The van der Waals surface area contributed by atoms with Crippen LogP contribution in [0.4, 0.5) is 16.4 Å². The van der Waals surface area contributed by atoms with Crippen LogP contribution >= 0.6 is 11.3 Å². The van der Waals surface area contributed by atoms with Crippen LogP contribution < -0.4 is 15.2 Å². The fourth-order valence-corrected chi connectivity index (χ4v) is 3.86. The predicted molar refractivity (Wildman–Crippen MR) is 79.2 cm³/mol. The van der Waals surface area contributed by atoms with E-state index in [0.717, 1.165) is 6.07 Å². The van der Waals surface area contributed by atoms with Crippen molar-refractivity contribution in [3.63, 3.8) is 0 Å². The lowest BCUT2D eigenvalue weighted by molar-refractivity contribution is -0.383. The van der Waals surface area contributed by atoms with Gasteiger partial charge in [0.2, 0.25) is 0 Å². The molecule has 1 heterocycles. The van der Waals surface area contributed by atoms with Gasteiger partial charge in [-0.1, -0.05) is 23.5 Å². The number of ether oxygens (including phenoxy) is 1. The average molecular weight is 329 g/mol. The SMILES string of the molecule is COc1ccccc1NS(=O)(=O)c1cc([N+](=O)[O-])c(N)s1. The predicted octanol–water partition coefficient (Wildman–Crippen LogP) is 2.05. The van der Waals surface area contributed by atoms with Crippen LogP contribution in [-0.4, -0.2) is 20.5 Å². The standard InChI is InChI=1S/C11H11N3O5S2/c1-19-9-5-3-2-4-7(9)13-21(17,18)10-6-8(14(15)16)11(12)20-10/h2-6,13H,12H2,1H3. The minimum atomic E-state index is -3.98. The molecule has 2 rings (SSSR count). The first kappa shape index (κ1) is 15.1. The number of rotatable bonds is 5. The topological polar surface area (TPSA) is 125 Å². The van der Waals surface area contributed by atoms with Gasteiger partial charge in [0.15, 0.2) is 5.00 Å². The number of para-hydroxylation sites is 2. The Morgan fingerprint density at radius 1 is 1.38 bits per heavy atom. The number of hydrogen-bond donors (Lipinski definition) is 2. The number of hydrogen-bond acceptors (Lipinski definition) is 7. The third-order valence-corrected chi connectivity index (χ3v) is 5.32. The molecule has 21 heavy (non-hydrogen) atoms. The van der Waals surface area contributed by atoms with Gasteiger partial charge >= 0.3 is 5.69 Å². The molecule has 10 heteroatoms. The highest BCUT2D eigenvalue weighted by Gasteiger charge is 2.25. The lowest BCUT2D eigenvalue weighted by atomic mass is 10.3. The summed E-state index contributed by atoms with van der Waals surface area (Å²) in [5, 5.41) is 10.6. The van der Waals surface area contributed by atoms with E-state index in [-0.39, 0.29) is 14.9 Å². The molecule has 0 fully saturated rings. The molecule has 0 aliphatic rings. The van der Waals surface area contributed by atoms with Gasteiger partial charge < -0.3 is 10.5 Å². The number of sulfonamides is 1. The Kier molecular flexibility index (Phi) is 4.00. The van der Waals surface area contributed by atoms with Crippen molar-refractivity contribution in [1.29, 1.82) is 0 Å². The maximum absolute atomic E-state index is 12.2. The van der Waals surface area contributed by atoms with E-state index in [9.17, 15) is 18.5 Å². The van der Waals surface area contributed by atoms with Crippen LogP contribution in [0.5, 0.6) is 5.75 Å². The third kappa shape index (κ3) is 3.06. The molecule has 0 unspecified atom stereocenters. The Morgan fingerprint density at radius 2 is 2.05 bits per heavy atom. The van der Waals surface area contributed by atoms with Gasteiger partial charge in [-0.2, -0.15) is 0 Å². The smallest absolute Gasteiger partial charge is 0.304 e. The van der Waals surface area contributed by atoms with Crippen molar-refractivity contribution in [3.05, 3.63) is 40.4 Å². The van der Waals surface area contributed by atoms with Gasteiger partial charge in [-0.3, -0.25) is 14.8 Å².